The van der Waals surface area contributed by atoms with E-state index in [1.807, 2.05) is 0 Å². The molecule has 1 spiro atoms. The Kier molecular flexibility index (Phi) is 9.32. The lowest BCUT2D eigenvalue weighted by molar-refractivity contribution is 0.443. The summed E-state index contributed by atoms with van der Waals surface area (Å²) in [7, 11) is 0. The van der Waals surface area contributed by atoms with E-state index in [9.17, 15) is 0 Å². The molecule has 3 heteroatoms. The summed E-state index contributed by atoms with van der Waals surface area (Å²) in [4.78, 5) is 4.96. The summed E-state index contributed by atoms with van der Waals surface area (Å²) < 4.78 is 2.46. The number of fused-ring (bicyclic) bond motifs is 7. The van der Waals surface area contributed by atoms with Gasteiger partial charge in [-0.15, -0.1) is 0 Å². The lowest BCUT2D eigenvalue weighted by atomic mass is 9.76. The maximum Gasteiger partial charge on any atom is 0.0562 e. The molecule has 3 nitrogen and oxygen atoms in total. The number of aromatic nitrogens is 1. The molecule has 0 amide bonds. The molecule has 3 aliphatic rings. The molecule has 1 saturated carbocycles. The minimum absolute atomic E-state index is 0.0343. The van der Waals surface area contributed by atoms with Gasteiger partial charge < -0.3 is 14.4 Å². The van der Waals surface area contributed by atoms with Crippen molar-refractivity contribution in [2.75, 3.05) is 9.80 Å². The third-order valence-corrected chi connectivity index (χ3v) is 14.9. The van der Waals surface area contributed by atoms with Crippen LogP contribution in [0.2, 0.25) is 0 Å². The Balaban J connectivity index is 1.01. The Labute approximate surface area is 371 Å². The van der Waals surface area contributed by atoms with Crippen LogP contribution in [0.3, 0.4) is 0 Å². The minimum Gasteiger partial charge on any atom is -0.310 e. The van der Waals surface area contributed by atoms with Gasteiger partial charge in [-0.25, -0.2) is 0 Å². The van der Waals surface area contributed by atoms with Crippen molar-refractivity contribution in [2.24, 2.45) is 0 Å². The molecule has 63 heavy (non-hydrogen) atoms. The smallest absolute Gasteiger partial charge is 0.0562 e. The molecule has 12 rings (SSSR count). The predicted octanol–water partition coefficient (Wildman–Crippen LogP) is 16.3. The minimum atomic E-state index is -0.0343. The molecule has 1 aromatic heterocycles. The van der Waals surface area contributed by atoms with Crippen LogP contribution in [0.4, 0.5) is 34.1 Å². The summed E-state index contributed by atoms with van der Waals surface area (Å²) in [5.41, 5.74) is 19.5. The van der Waals surface area contributed by atoms with Gasteiger partial charge in [0.2, 0.25) is 0 Å². The number of benzene rings is 8. The Morgan fingerprint density at radius 1 is 0.460 bits per heavy atom. The summed E-state index contributed by atoms with van der Waals surface area (Å²) in [6.07, 6.45) is 11.1. The number of hydrogen-bond acceptors (Lipinski definition) is 2. The average Bonchev–Trinajstić information content (AvgIpc) is 4.02. The first kappa shape index (κ1) is 37.9. The van der Waals surface area contributed by atoms with Crippen LogP contribution < -0.4 is 9.80 Å². The molecule has 0 N–H and O–H groups in total. The predicted molar refractivity (Wildman–Crippen MR) is 265 cm³/mol. The number of para-hydroxylation sites is 3. The van der Waals surface area contributed by atoms with E-state index in [0.29, 0.717) is 5.92 Å². The van der Waals surface area contributed by atoms with Gasteiger partial charge in [-0.1, -0.05) is 116 Å². The van der Waals surface area contributed by atoms with Crippen molar-refractivity contribution < 1.29 is 0 Å². The highest BCUT2D eigenvalue weighted by molar-refractivity contribution is 6.12. The van der Waals surface area contributed by atoms with Crippen LogP contribution in [0, 0.1) is 6.92 Å². The molecule has 308 valence electrons. The molecule has 0 aliphatic heterocycles. The topological polar surface area (TPSA) is 11.4 Å². The van der Waals surface area contributed by atoms with Crippen molar-refractivity contribution in [3.63, 3.8) is 0 Å². The van der Waals surface area contributed by atoms with Crippen LogP contribution in [0.1, 0.15) is 84.2 Å². The van der Waals surface area contributed by atoms with Crippen LogP contribution in [-0.2, 0) is 18.3 Å². The molecule has 1 fully saturated rings. The van der Waals surface area contributed by atoms with Gasteiger partial charge in [-0.05, 0) is 176 Å². The summed E-state index contributed by atoms with van der Waals surface area (Å²) in [6.45, 7) is 2.25. The molecule has 3 aliphatic carbocycles. The van der Waals surface area contributed by atoms with E-state index in [1.54, 1.807) is 0 Å². The zero-order chi connectivity index (χ0) is 41.9. The molecule has 1 heterocycles. The molecule has 8 aromatic carbocycles. The fraction of sp³-hybridized carbons (Fsp3) is 0.200. The molecular formula is C60H53N3. The molecular weight excluding hydrogens is 763 g/mol. The Morgan fingerprint density at radius 2 is 0.984 bits per heavy atom. The standard InChI is InChI=1S/C60H53N3/c1-42-15-14-24-57-59(42)54-34-33-53(41-58(54)63(57)49-22-12-5-13-23-49)62(50-29-25-44(26-30-50)43-16-6-2-7-17-43)52-32-28-46-36-38-60(56(46)40-52)37-35-45-27-31-51(39-55(45)60)61(47-18-8-3-9-19-47)48-20-10-4-11-21-48/h3-5,8-15,18-34,39-41,43H,2,6-7,16-17,35-38H2,1H3/t60-/m1/s1. The number of nitrogens with zero attached hydrogens (tertiary/aromatic N) is 3. The third kappa shape index (κ3) is 6.39. The van der Waals surface area contributed by atoms with Gasteiger partial charge in [0.25, 0.3) is 0 Å². The third-order valence-electron chi connectivity index (χ3n) is 14.9. The molecule has 0 saturated heterocycles. The van der Waals surface area contributed by atoms with E-state index in [2.05, 4.69) is 209 Å². The summed E-state index contributed by atoms with van der Waals surface area (Å²) in [6, 6.07) is 70.8. The van der Waals surface area contributed by atoms with Crippen molar-refractivity contribution in [3.8, 4) is 5.69 Å². The summed E-state index contributed by atoms with van der Waals surface area (Å²) in [5.74, 6) is 0.661. The molecule has 0 radical (unpaired) electrons. The zero-order valence-corrected chi connectivity index (χ0v) is 36.2. The Bertz CT molecular complexity index is 3060. The monoisotopic (exact) mass is 815 g/mol. The average molecular weight is 816 g/mol. The highest BCUT2D eigenvalue weighted by Gasteiger charge is 2.45. The van der Waals surface area contributed by atoms with Crippen LogP contribution in [-0.4, -0.2) is 4.57 Å². The van der Waals surface area contributed by atoms with Crippen LogP contribution in [0.5, 0.6) is 0 Å². The van der Waals surface area contributed by atoms with Crippen LogP contribution >= 0.6 is 0 Å². The first-order valence-corrected chi connectivity index (χ1v) is 23.3. The zero-order valence-electron chi connectivity index (χ0n) is 36.2. The van der Waals surface area contributed by atoms with Crippen molar-refractivity contribution in [2.45, 2.75) is 76.0 Å². The summed E-state index contributed by atoms with van der Waals surface area (Å²) in [5, 5.41) is 2.61. The maximum absolute atomic E-state index is 2.58. The fourth-order valence-electron chi connectivity index (χ4n) is 11.8. The van der Waals surface area contributed by atoms with Gasteiger partial charge in [0.1, 0.15) is 0 Å². The van der Waals surface area contributed by atoms with Gasteiger partial charge in [0, 0.05) is 56.0 Å². The second-order valence-electron chi connectivity index (χ2n) is 18.4. The number of aryl methyl sites for hydroxylation is 3. The van der Waals surface area contributed by atoms with E-state index in [4.69, 9.17) is 0 Å². The maximum atomic E-state index is 2.58. The van der Waals surface area contributed by atoms with Crippen LogP contribution in [0.25, 0.3) is 27.5 Å². The van der Waals surface area contributed by atoms with Gasteiger partial charge >= 0.3 is 0 Å². The first-order valence-electron chi connectivity index (χ1n) is 23.3. The number of rotatable bonds is 8. The van der Waals surface area contributed by atoms with Gasteiger partial charge in [-0.3, -0.25) is 0 Å². The second-order valence-corrected chi connectivity index (χ2v) is 18.4. The lowest BCUT2D eigenvalue weighted by Crippen LogP contribution is -2.22. The van der Waals surface area contributed by atoms with Gasteiger partial charge in [0.05, 0.1) is 11.0 Å². The SMILES string of the molecule is Cc1cccc2c1c1ccc(N(c3ccc(C4CCCCC4)cc3)c3ccc4c(c3)[C@]3(CCc5ccc(N(c6ccccc6)c6ccccc6)cc53)CC4)cc1n2-c1ccccc1. The number of hydrogen-bond donors (Lipinski definition) is 0. The Hall–Kier alpha value is -6.84. The second kappa shape index (κ2) is 15.5. The van der Waals surface area contributed by atoms with E-state index in [1.165, 1.54) is 127 Å². The fourth-order valence-corrected chi connectivity index (χ4v) is 11.8. The van der Waals surface area contributed by atoms with Crippen molar-refractivity contribution in [3.05, 3.63) is 221 Å². The quantitative estimate of drug-likeness (QED) is 0.151. The summed E-state index contributed by atoms with van der Waals surface area (Å²) >= 11 is 0. The van der Waals surface area contributed by atoms with E-state index in [0.717, 1.165) is 25.7 Å². The van der Waals surface area contributed by atoms with Crippen LogP contribution in [0.15, 0.2) is 188 Å². The highest BCUT2D eigenvalue weighted by atomic mass is 15.1. The largest absolute Gasteiger partial charge is 0.310 e. The van der Waals surface area contributed by atoms with Gasteiger partial charge in [-0.2, -0.15) is 0 Å². The normalized spacial score (nSPS) is 17.0. The first-order chi connectivity index (χ1) is 31.1. The molecule has 0 bridgehead atoms. The Morgan fingerprint density at radius 3 is 1.60 bits per heavy atom. The molecule has 9 aromatic rings. The molecule has 0 unspecified atom stereocenters. The van der Waals surface area contributed by atoms with E-state index < -0.39 is 0 Å². The van der Waals surface area contributed by atoms with Crippen molar-refractivity contribution in [1.82, 2.24) is 4.57 Å². The van der Waals surface area contributed by atoms with E-state index >= 15 is 0 Å². The lowest BCUT2D eigenvalue weighted by Gasteiger charge is -2.32. The van der Waals surface area contributed by atoms with Crippen molar-refractivity contribution >= 4 is 55.9 Å². The van der Waals surface area contributed by atoms with Crippen molar-refractivity contribution in [1.29, 1.82) is 0 Å². The number of anilines is 6. The highest BCUT2D eigenvalue weighted by Crippen LogP contribution is 2.55. The molecule has 1 atom stereocenters. The van der Waals surface area contributed by atoms with E-state index in [-0.39, 0.29) is 5.41 Å². The van der Waals surface area contributed by atoms with Gasteiger partial charge in [0.15, 0.2) is 0 Å².